The predicted molar refractivity (Wildman–Crippen MR) is 104 cm³/mol. The summed E-state index contributed by atoms with van der Waals surface area (Å²) in [5.41, 5.74) is 0.826. The maximum absolute atomic E-state index is 12.4. The first-order valence-corrected chi connectivity index (χ1v) is 11.1. The van der Waals surface area contributed by atoms with Crippen molar-refractivity contribution in [3.8, 4) is 0 Å². The zero-order chi connectivity index (χ0) is 19.0. The summed E-state index contributed by atoms with van der Waals surface area (Å²) in [6.45, 7) is 1.92. The Balaban J connectivity index is 1.52. The van der Waals surface area contributed by atoms with Gasteiger partial charge in [0.1, 0.15) is 0 Å². The third-order valence-corrected chi connectivity index (χ3v) is 6.37. The summed E-state index contributed by atoms with van der Waals surface area (Å²) in [6.07, 6.45) is 3.44. The molecule has 1 aliphatic heterocycles. The van der Waals surface area contributed by atoms with Crippen LogP contribution in [0.3, 0.4) is 0 Å². The van der Waals surface area contributed by atoms with Crippen molar-refractivity contribution in [2.75, 3.05) is 29.6 Å². The second kappa shape index (κ2) is 6.86. The summed E-state index contributed by atoms with van der Waals surface area (Å²) >= 11 is 1.21. The first kappa shape index (κ1) is 17.8. The van der Waals surface area contributed by atoms with Gasteiger partial charge in [0.05, 0.1) is 15.1 Å². The van der Waals surface area contributed by atoms with Crippen molar-refractivity contribution in [3.05, 3.63) is 36.0 Å². The lowest BCUT2D eigenvalue weighted by molar-refractivity contribution is 0.102. The quantitative estimate of drug-likeness (QED) is 0.713. The average molecular weight is 403 g/mol. The molecule has 0 saturated carbocycles. The standard InChI is InChI=1S/C17H17N5O3S2/c1-27(24,25)11-4-5-12-14(10-11)26-17(18-12)19-16(23)13-6-7-15(21-20-13)22-8-2-3-9-22/h4-7,10H,2-3,8-9H2,1H3,(H,18,19,23). The molecule has 2 aromatic heterocycles. The molecule has 10 heteroatoms. The van der Waals surface area contributed by atoms with Gasteiger partial charge in [-0.25, -0.2) is 13.4 Å². The molecule has 1 fully saturated rings. The van der Waals surface area contributed by atoms with Crippen LogP contribution in [0.5, 0.6) is 0 Å². The summed E-state index contributed by atoms with van der Waals surface area (Å²) < 4.78 is 24.0. The van der Waals surface area contributed by atoms with E-state index < -0.39 is 15.7 Å². The minimum Gasteiger partial charge on any atom is -0.355 e. The minimum atomic E-state index is -3.29. The number of amides is 1. The zero-order valence-corrected chi connectivity index (χ0v) is 16.2. The summed E-state index contributed by atoms with van der Waals surface area (Å²) in [7, 11) is -3.29. The molecule has 0 spiro atoms. The molecule has 0 radical (unpaired) electrons. The third kappa shape index (κ3) is 3.76. The van der Waals surface area contributed by atoms with E-state index in [2.05, 4.69) is 25.4 Å². The van der Waals surface area contributed by atoms with E-state index in [4.69, 9.17) is 0 Å². The van der Waals surface area contributed by atoms with E-state index in [1.165, 1.54) is 17.4 Å². The van der Waals surface area contributed by atoms with Crippen LogP contribution >= 0.6 is 11.3 Å². The summed E-state index contributed by atoms with van der Waals surface area (Å²) in [5.74, 6) is 0.371. The van der Waals surface area contributed by atoms with E-state index in [9.17, 15) is 13.2 Å². The predicted octanol–water partition coefficient (Wildman–Crippen LogP) is 2.34. The van der Waals surface area contributed by atoms with E-state index in [0.29, 0.717) is 15.3 Å². The fourth-order valence-corrected chi connectivity index (χ4v) is 4.53. The second-order valence-corrected chi connectivity index (χ2v) is 9.39. The van der Waals surface area contributed by atoms with Crippen LogP contribution in [0.25, 0.3) is 10.2 Å². The molecule has 1 aromatic carbocycles. The van der Waals surface area contributed by atoms with Gasteiger partial charge in [0, 0.05) is 19.3 Å². The first-order valence-electron chi connectivity index (χ1n) is 8.41. The Labute approximate surface area is 160 Å². The van der Waals surface area contributed by atoms with Gasteiger partial charge in [0.2, 0.25) is 0 Å². The van der Waals surface area contributed by atoms with Crippen molar-refractivity contribution in [2.45, 2.75) is 17.7 Å². The molecular formula is C17H17N5O3S2. The number of carbonyl (C=O) groups is 1. The molecule has 27 heavy (non-hydrogen) atoms. The highest BCUT2D eigenvalue weighted by atomic mass is 32.2. The highest BCUT2D eigenvalue weighted by molar-refractivity contribution is 7.90. The molecule has 0 aliphatic carbocycles. The van der Waals surface area contributed by atoms with Crippen LogP contribution in [0, 0.1) is 0 Å². The number of nitrogens with one attached hydrogen (secondary N) is 1. The van der Waals surface area contributed by atoms with Gasteiger partial charge in [-0.3, -0.25) is 10.1 Å². The van der Waals surface area contributed by atoms with Gasteiger partial charge in [0.15, 0.2) is 26.5 Å². The number of hydrogen-bond donors (Lipinski definition) is 1. The van der Waals surface area contributed by atoms with Crippen LogP contribution in [0.15, 0.2) is 35.2 Å². The highest BCUT2D eigenvalue weighted by Crippen LogP contribution is 2.28. The zero-order valence-electron chi connectivity index (χ0n) is 14.5. The van der Waals surface area contributed by atoms with Crippen molar-refractivity contribution in [2.24, 2.45) is 0 Å². The number of anilines is 2. The number of rotatable bonds is 4. The summed E-state index contributed by atoms with van der Waals surface area (Å²) in [4.78, 5) is 19.1. The Bertz CT molecular complexity index is 1100. The van der Waals surface area contributed by atoms with Gasteiger partial charge in [-0.1, -0.05) is 11.3 Å². The molecule has 3 aromatic rings. The van der Waals surface area contributed by atoms with Crippen molar-refractivity contribution >= 4 is 48.2 Å². The molecular weight excluding hydrogens is 386 g/mol. The number of fused-ring (bicyclic) bond motifs is 1. The largest absolute Gasteiger partial charge is 0.355 e. The Morgan fingerprint density at radius 1 is 1.15 bits per heavy atom. The number of aromatic nitrogens is 3. The van der Waals surface area contributed by atoms with Crippen LogP contribution in [0.2, 0.25) is 0 Å². The molecule has 0 bridgehead atoms. The van der Waals surface area contributed by atoms with E-state index in [1.807, 2.05) is 0 Å². The maximum Gasteiger partial charge on any atom is 0.277 e. The van der Waals surface area contributed by atoms with Gasteiger partial charge >= 0.3 is 0 Å². The molecule has 140 valence electrons. The van der Waals surface area contributed by atoms with Crippen LogP contribution < -0.4 is 10.2 Å². The van der Waals surface area contributed by atoms with Gasteiger partial charge in [-0.05, 0) is 43.2 Å². The fraction of sp³-hybridized carbons (Fsp3) is 0.294. The van der Waals surface area contributed by atoms with Gasteiger partial charge in [0.25, 0.3) is 5.91 Å². The van der Waals surface area contributed by atoms with Crippen LogP contribution in [-0.4, -0.2) is 48.9 Å². The molecule has 4 rings (SSSR count). The molecule has 8 nitrogen and oxygen atoms in total. The molecule has 0 unspecified atom stereocenters. The monoisotopic (exact) mass is 403 g/mol. The molecule has 1 aliphatic rings. The lowest BCUT2D eigenvalue weighted by atomic mass is 10.3. The molecule has 1 amide bonds. The minimum absolute atomic E-state index is 0.203. The number of carbonyl (C=O) groups excluding carboxylic acids is 1. The van der Waals surface area contributed by atoms with Crippen molar-refractivity contribution < 1.29 is 13.2 Å². The van der Waals surface area contributed by atoms with Gasteiger partial charge in [-0.2, -0.15) is 0 Å². The lowest BCUT2D eigenvalue weighted by Gasteiger charge is -2.14. The number of thiazole rings is 1. The van der Waals surface area contributed by atoms with E-state index in [1.54, 1.807) is 24.3 Å². The molecule has 1 saturated heterocycles. The molecule has 1 N–H and O–H groups in total. The van der Waals surface area contributed by atoms with E-state index >= 15 is 0 Å². The smallest absolute Gasteiger partial charge is 0.277 e. The SMILES string of the molecule is CS(=O)(=O)c1ccc2nc(NC(=O)c3ccc(N4CCCC4)nn3)sc2c1. The van der Waals surface area contributed by atoms with Gasteiger partial charge < -0.3 is 4.90 Å². The summed E-state index contributed by atoms with van der Waals surface area (Å²) in [6, 6.07) is 8.13. The molecule has 3 heterocycles. The second-order valence-electron chi connectivity index (χ2n) is 6.35. The van der Waals surface area contributed by atoms with Crippen LogP contribution in [0.1, 0.15) is 23.3 Å². The first-order chi connectivity index (χ1) is 12.9. The fourth-order valence-electron chi connectivity index (χ4n) is 2.91. The van der Waals surface area contributed by atoms with Crippen molar-refractivity contribution in [1.82, 2.24) is 15.2 Å². The number of nitrogens with zero attached hydrogens (tertiary/aromatic N) is 4. The highest BCUT2D eigenvalue weighted by Gasteiger charge is 2.17. The Morgan fingerprint density at radius 3 is 2.59 bits per heavy atom. The lowest BCUT2D eigenvalue weighted by Crippen LogP contribution is -2.20. The number of hydrogen-bond acceptors (Lipinski definition) is 8. The maximum atomic E-state index is 12.4. The summed E-state index contributed by atoms with van der Waals surface area (Å²) in [5, 5.41) is 11.2. The average Bonchev–Trinajstić information content (AvgIpc) is 3.29. The topological polar surface area (TPSA) is 105 Å². The van der Waals surface area contributed by atoms with E-state index in [0.717, 1.165) is 38.0 Å². The Hall–Kier alpha value is -2.59. The Kier molecular flexibility index (Phi) is 4.52. The van der Waals surface area contributed by atoms with E-state index in [-0.39, 0.29) is 10.6 Å². The number of benzene rings is 1. The van der Waals surface area contributed by atoms with Crippen LogP contribution in [0.4, 0.5) is 10.9 Å². The molecule has 0 atom stereocenters. The normalized spacial score (nSPS) is 14.6. The Morgan fingerprint density at radius 2 is 1.93 bits per heavy atom. The van der Waals surface area contributed by atoms with Crippen molar-refractivity contribution in [1.29, 1.82) is 0 Å². The number of sulfone groups is 1. The van der Waals surface area contributed by atoms with Crippen LogP contribution in [-0.2, 0) is 9.84 Å². The van der Waals surface area contributed by atoms with Gasteiger partial charge in [-0.15, -0.1) is 10.2 Å². The van der Waals surface area contributed by atoms with Crippen molar-refractivity contribution in [3.63, 3.8) is 0 Å². The third-order valence-electron chi connectivity index (χ3n) is 4.32.